The monoisotopic (exact) mass is 370 g/mol. The number of thiocarbonyl (C=S) groups is 1. The molecule has 0 saturated carbocycles. The molecular weight excluding hydrogens is 344 g/mol. The topological polar surface area (TPSA) is 41.6 Å². The molecule has 0 aliphatic heterocycles. The minimum atomic E-state index is -0.219. The molecule has 0 unspecified atom stereocenters. The van der Waals surface area contributed by atoms with Crippen LogP contribution in [0.2, 0.25) is 0 Å². The zero-order chi connectivity index (χ0) is 18.9. The van der Waals surface area contributed by atoms with Gasteiger partial charge in [0, 0.05) is 19.2 Å². The maximum atomic E-state index is 12.4. The van der Waals surface area contributed by atoms with Crippen molar-refractivity contribution in [2.75, 3.05) is 13.7 Å². The van der Waals surface area contributed by atoms with Crippen LogP contribution in [-0.4, -0.2) is 29.6 Å². The maximum Gasteiger partial charge on any atom is 0.257 e. The van der Waals surface area contributed by atoms with E-state index in [-0.39, 0.29) is 5.91 Å². The molecule has 0 aliphatic carbocycles. The first-order valence-electron chi connectivity index (χ1n) is 8.79. The first-order valence-corrected chi connectivity index (χ1v) is 9.19. The smallest absolute Gasteiger partial charge is 0.257 e. The third kappa shape index (κ3) is 6.48. The highest BCUT2D eigenvalue weighted by Crippen LogP contribution is 2.13. The van der Waals surface area contributed by atoms with Gasteiger partial charge in [0.15, 0.2) is 5.11 Å². The number of rotatable bonds is 7. The third-order valence-electron chi connectivity index (χ3n) is 3.91. The number of carbonyl (C=O) groups is 1. The number of nitrogens with one attached hydrogen (secondary N) is 1. The lowest BCUT2D eigenvalue weighted by molar-refractivity contribution is 0.0973. The van der Waals surface area contributed by atoms with Crippen molar-refractivity contribution in [2.24, 2.45) is 5.92 Å². The molecule has 0 aliphatic rings. The van der Waals surface area contributed by atoms with Crippen LogP contribution in [0, 0.1) is 5.92 Å². The Morgan fingerprint density at radius 2 is 1.77 bits per heavy atom. The van der Waals surface area contributed by atoms with E-state index in [4.69, 9.17) is 17.0 Å². The van der Waals surface area contributed by atoms with Crippen LogP contribution in [0.1, 0.15) is 36.2 Å². The summed E-state index contributed by atoms with van der Waals surface area (Å²) in [4.78, 5) is 14.2. The average Bonchev–Trinajstić information content (AvgIpc) is 2.62. The number of hydrogen-bond donors (Lipinski definition) is 1. The number of benzene rings is 2. The lowest BCUT2D eigenvalue weighted by Crippen LogP contribution is -2.40. The van der Waals surface area contributed by atoms with E-state index < -0.39 is 0 Å². The second-order valence-electron chi connectivity index (χ2n) is 6.66. The SMILES string of the molecule is CC(C)CCOc1ccc(C(=O)NC(=S)N(C)Cc2ccccc2)cc1. The van der Waals surface area contributed by atoms with E-state index in [0.29, 0.717) is 29.7 Å². The van der Waals surface area contributed by atoms with E-state index in [9.17, 15) is 4.79 Å². The molecule has 2 rings (SSSR count). The predicted molar refractivity (Wildman–Crippen MR) is 109 cm³/mol. The summed E-state index contributed by atoms with van der Waals surface area (Å²) in [5.41, 5.74) is 1.69. The van der Waals surface area contributed by atoms with E-state index in [1.807, 2.05) is 54.4 Å². The number of ether oxygens (including phenoxy) is 1. The van der Waals surface area contributed by atoms with Crippen molar-refractivity contribution < 1.29 is 9.53 Å². The molecule has 26 heavy (non-hydrogen) atoms. The number of nitrogens with zero attached hydrogens (tertiary/aromatic N) is 1. The van der Waals surface area contributed by atoms with Gasteiger partial charge in [0.25, 0.3) is 5.91 Å². The van der Waals surface area contributed by atoms with Gasteiger partial charge in [0.1, 0.15) is 5.75 Å². The van der Waals surface area contributed by atoms with Crippen LogP contribution < -0.4 is 10.1 Å². The molecule has 0 saturated heterocycles. The van der Waals surface area contributed by atoms with Gasteiger partial charge in [-0.1, -0.05) is 44.2 Å². The molecule has 2 aromatic carbocycles. The molecule has 0 heterocycles. The van der Waals surface area contributed by atoms with Crippen LogP contribution in [-0.2, 0) is 6.54 Å². The van der Waals surface area contributed by atoms with Gasteiger partial charge in [0.2, 0.25) is 0 Å². The summed E-state index contributed by atoms with van der Waals surface area (Å²) in [5.74, 6) is 1.16. The third-order valence-corrected chi connectivity index (χ3v) is 4.32. The second-order valence-corrected chi connectivity index (χ2v) is 7.04. The number of amides is 1. The standard InChI is InChI=1S/C21H26N2O2S/c1-16(2)13-14-25-19-11-9-18(10-12-19)20(24)22-21(26)23(3)15-17-7-5-4-6-8-17/h4-12,16H,13-15H2,1-3H3,(H,22,24,26). The lowest BCUT2D eigenvalue weighted by Gasteiger charge is -2.20. The van der Waals surface area contributed by atoms with Crippen molar-refractivity contribution >= 4 is 23.2 Å². The summed E-state index contributed by atoms with van der Waals surface area (Å²) < 4.78 is 5.67. The van der Waals surface area contributed by atoms with Gasteiger partial charge in [-0.2, -0.15) is 0 Å². The van der Waals surface area contributed by atoms with E-state index >= 15 is 0 Å². The molecule has 0 aromatic heterocycles. The second kappa shape index (κ2) is 9.92. The minimum Gasteiger partial charge on any atom is -0.494 e. The molecule has 0 radical (unpaired) electrons. The van der Waals surface area contributed by atoms with Gasteiger partial charge in [-0.05, 0) is 54.4 Å². The Morgan fingerprint density at radius 3 is 2.38 bits per heavy atom. The summed E-state index contributed by atoms with van der Waals surface area (Å²) in [6.07, 6.45) is 1.00. The van der Waals surface area contributed by atoms with Gasteiger partial charge in [-0.15, -0.1) is 0 Å². The molecule has 1 amide bonds. The Morgan fingerprint density at radius 1 is 1.12 bits per heavy atom. The Labute approximate surface area is 161 Å². The molecule has 1 N–H and O–H groups in total. The molecule has 2 aromatic rings. The molecule has 0 bridgehead atoms. The number of hydrogen-bond acceptors (Lipinski definition) is 3. The van der Waals surface area contributed by atoms with Crippen molar-refractivity contribution in [1.82, 2.24) is 10.2 Å². The highest BCUT2D eigenvalue weighted by molar-refractivity contribution is 7.80. The van der Waals surface area contributed by atoms with E-state index in [2.05, 4.69) is 19.2 Å². The zero-order valence-electron chi connectivity index (χ0n) is 15.6. The first kappa shape index (κ1) is 19.9. The molecule has 0 spiro atoms. The maximum absolute atomic E-state index is 12.4. The van der Waals surface area contributed by atoms with E-state index in [1.54, 1.807) is 12.1 Å². The fraction of sp³-hybridized carbons (Fsp3) is 0.333. The van der Waals surface area contributed by atoms with Gasteiger partial charge in [-0.25, -0.2) is 0 Å². The van der Waals surface area contributed by atoms with Crippen LogP contribution >= 0.6 is 12.2 Å². The van der Waals surface area contributed by atoms with Crippen molar-refractivity contribution in [3.63, 3.8) is 0 Å². The van der Waals surface area contributed by atoms with Crippen LogP contribution in [0.25, 0.3) is 0 Å². The summed E-state index contributed by atoms with van der Waals surface area (Å²) in [5, 5.41) is 3.17. The highest BCUT2D eigenvalue weighted by Gasteiger charge is 2.11. The summed E-state index contributed by atoms with van der Waals surface area (Å²) in [7, 11) is 1.86. The van der Waals surface area contributed by atoms with Crippen LogP contribution in [0.3, 0.4) is 0 Å². The summed E-state index contributed by atoms with van der Waals surface area (Å²) >= 11 is 5.33. The Balaban J connectivity index is 1.85. The van der Waals surface area contributed by atoms with Gasteiger partial charge in [0.05, 0.1) is 6.61 Å². The fourth-order valence-electron chi connectivity index (χ4n) is 2.31. The van der Waals surface area contributed by atoms with E-state index in [1.165, 1.54) is 0 Å². The predicted octanol–water partition coefficient (Wildman–Crippen LogP) is 4.26. The Kier molecular flexibility index (Phi) is 7.60. The lowest BCUT2D eigenvalue weighted by atomic mass is 10.1. The van der Waals surface area contributed by atoms with Gasteiger partial charge < -0.3 is 9.64 Å². The average molecular weight is 371 g/mol. The molecule has 5 heteroatoms. The van der Waals surface area contributed by atoms with Crippen molar-refractivity contribution in [1.29, 1.82) is 0 Å². The summed E-state index contributed by atoms with van der Waals surface area (Å²) in [6.45, 7) is 5.64. The zero-order valence-corrected chi connectivity index (χ0v) is 16.4. The minimum absolute atomic E-state index is 0.219. The van der Waals surface area contributed by atoms with Crippen molar-refractivity contribution in [3.8, 4) is 5.75 Å². The fourth-order valence-corrected chi connectivity index (χ4v) is 2.47. The number of carbonyl (C=O) groups excluding carboxylic acids is 1. The van der Waals surface area contributed by atoms with Crippen LogP contribution in [0.15, 0.2) is 54.6 Å². The van der Waals surface area contributed by atoms with Crippen molar-refractivity contribution in [3.05, 3.63) is 65.7 Å². The molecule has 138 valence electrons. The highest BCUT2D eigenvalue weighted by atomic mass is 32.1. The van der Waals surface area contributed by atoms with Gasteiger partial charge in [-0.3, -0.25) is 10.1 Å². The molecule has 0 fully saturated rings. The Hall–Kier alpha value is -2.40. The Bertz CT molecular complexity index is 715. The van der Waals surface area contributed by atoms with Crippen LogP contribution in [0.5, 0.6) is 5.75 Å². The molecule has 0 atom stereocenters. The first-order chi connectivity index (χ1) is 12.5. The molecule has 4 nitrogen and oxygen atoms in total. The molecular formula is C21H26N2O2S. The van der Waals surface area contributed by atoms with Gasteiger partial charge >= 0.3 is 0 Å². The largest absolute Gasteiger partial charge is 0.494 e. The van der Waals surface area contributed by atoms with Crippen LogP contribution in [0.4, 0.5) is 0 Å². The van der Waals surface area contributed by atoms with Crippen molar-refractivity contribution in [2.45, 2.75) is 26.8 Å². The quantitative estimate of drug-likeness (QED) is 0.740. The van der Waals surface area contributed by atoms with E-state index in [0.717, 1.165) is 17.7 Å². The summed E-state index contributed by atoms with van der Waals surface area (Å²) in [6, 6.07) is 17.1. The normalized spacial score (nSPS) is 10.5.